The lowest BCUT2D eigenvalue weighted by atomic mass is 10.0. The van der Waals surface area contributed by atoms with Crippen LogP contribution in [0.2, 0.25) is 0 Å². The molecule has 3 aromatic rings. The zero-order valence-corrected chi connectivity index (χ0v) is 19.7. The molecule has 0 saturated carbocycles. The molecule has 8 nitrogen and oxygen atoms in total. The van der Waals surface area contributed by atoms with Gasteiger partial charge < -0.3 is 24.1 Å². The van der Waals surface area contributed by atoms with Gasteiger partial charge in [-0.15, -0.1) is 11.6 Å². The lowest BCUT2D eigenvalue weighted by Crippen LogP contribution is -2.59. The Morgan fingerprint density at radius 1 is 0.694 bits per heavy atom. The van der Waals surface area contributed by atoms with Gasteiger partial charge in [-0.3, -0.25) is 0 Å². The summed E-state index contributed by atoms with van der Waals surface area (Å²) in [6.45, 7) is -0.336. The molecular weight excluding hydrogens is 488 g/mol. The quantitative estimate of drug-likeness (QED) is 0.292. The topological polar surface area (TPSA) is 108 Å². The minimum atomic E-state index is -1.71. The summed E-state index contributed by atoms with van der Waals surface area (Å²) in [6.07, 6.45) is -5.51. The number of rotatable bonds is 7. The van der Waals surface area contributed by atoms with Gasteiger partial charge in [0.1, 0.15) is 18.1 Å². The van der Waals surface area contributed by atoms with Crippen molar-refractivity contribution >= 4 is 29.5 Å². The molecule has 5 atom stereocenters. The number of hydrogen-bond donors (Lipinski definition) is 1. The highest BCUT2D eigenvalue weighted by atomic mass is 35.5. The van der Waals surface area contributed by atoms with Gasteiger partial charge in [-0.1, -0.05) is 54.6 Å². The maximum Gasteiger partial charge on any atom is 0.338 e. The maximum absolute atomic E-state index is 12.8. The number of aliphatic hydroxyl groups excluding tert-OH is 1. The van der Waals surface area contributed by atoms with Crippen molar-refractivity contribution in [2.75, 3.05) is 6.61 Å². The van der Waals surface area contributed by atoms with Crippen LogP contribution in [-0.4, -0.2) is 59.6 Å². The summed E-state index contributed by atoms with van der Waals surface area (Å²) in [4.78, 5) is 37.8. The van der Waals surface area contributed by atoms with E-state index in [1.54, 1.807) is 78.9 Å². The lowest BCUT2D eigenvalue weighted by molar-refractivity contribution is -0.248. The van der Waals surface area contributed by atoms with E-state index in [4.69, 9.17) is 30.5 Å². The third-order valence-corrected chi connectivity index (χ3v) is 6.01. The van der Waals surface area contributed by atoms with Crippen molar-refractivity contribution in [1.29, 1.82) is 0 Å². The first-order chi connectivity index (χ1) is 17.4. The van der Waals surface area contributed by atoms with Crippen LogP contribution in [0.15, 0.2) is 91.0 Å². The van der Waals surface area contributed by atoms with Crippen molar-refractivity contribution in [3.63, 3.8) is 0 Å². The van der Waals surface area contributed by atoms with Crippen LogP contribution in [0.3, 0.4) is 0 Å². The molecule has 0 amide bonds. The van der Waals surface area contributed by atoms with E-state index in [9.17, 15) is 19.5 Å². The van der Waals surface area contributed by atoms with Crippen molar-refractivity contribution in [3.8, 4) is 0 Å². The average Bonchev–Trinajstić information content (AvgIpc) is 2.92. The predicted octanol–water partition coefficient (Wildman–Crippen LogP) is 3.62. The van der Waals surface area contributed by atoms with Gasteiger partial charge >= 0.3 is 17.9 Å². The molecule has 36 heavy (non-hydrogen) atoms. The molecular formula is C27H23ClO8. The van der Waals surface area contributed by atoms with Crippen LogP contribution in [-0.2, 0) is 18.9 Å². The number of halogens is 1. The molecule has 1 aliphatic rings. The molecule has 1 fully saturated rings. The third kappa shape index (κ3) is 6.09. The first-order valence-electron chi connectivity index (χ1n) is 11.2. The summed E-state index contributed by atoms with van der Waals surface area (Å²) in [5, 5.41) is 9.57. The Morgan fingerprint density at radius 3 is 1.58 bits per heavy atom. The predicted molar refractivity (Wildman–Crippen MR) is 129 cm³/mol. The Morgan fingerprint density at radius 2 is 1.11 bits per heavy atom. The molecule has 0 aromatic heterocycles. The molecule has 1 N–H and O–H groups in total. The minimum absolute atomic E-state index is 0.225. The number of carbonyl (C=O) groups excluding carboxylic acids is 3. The highest BCUT2D eigenvalue weighted by Crippen LogP contribution is 2.30. The van der Waals surface area contributed by atoms with E-state index in [2.05, 4.69) is 0 Å². The second-order valence-corrected chi connectivity index (χ2v) is 8.45. The van der Waals surface area contributed by atoms with Crippen molar-refractivity contribution in [2.45, 2.75) is 30.0 Å². The fourth-order valence-corrected chi connectivity index (χ4v) is 3.95. The van der Waals surface area contributed by atoms with E-state index in [1.165, 1.54) is 12.1 Å². The molecule has 4 rings (SSSR count). The summed E-state index contributed by atoms with van der Waals surface area (Å²) in [5.41, 5.74) is 0.784. The second-order valence-electron chi connectivity index (χ2n) is 7.95. The Labute approximate surface area is 212 Å². The van der Waals surface area contributed by atoms with Crippen LogP contribution < -0.4 is 0 Å². The normalized spacial score (nSPS) is 23.3. The van der Waals surface area contributed by atoms with Gasteiger partial charge in [0, 0.05) is 0 Å². The van der Waals surface area contributed by atoms with Crippen LogP contribution in [0.25, 0.3) is 0 Å². The van der Waals surface area contributed by atoms with Gasteiger partial charge in [-0.2, -0.15) is 0 Å². The fraction of sp³-hybridized carbons (Fsp3) is 0.222. The van der Waals surface area contributed by atoms with E-state index in [1.807, 2.05) is 0 Å². The lowest BCUT2D eigenvalue weighted by Gasteiger charge is -2.41. The number of carbonyl (C=O) groups is 3. The number of benzene rings is 3. The van der Waals surface area contributed by atoms with Gasteiger partial charge in [-0.05, 0) is 36.4 Å². The summed E-state index contributed by atoms with van der Waals surface area (Å²) >= 11 is 6.60. The number of ether oxygens (including phenoxy) is 4. The minimum Gasteiger partial charge on any atom is -0.459 e. The monoisotopic (exact) mass is 510 g/mol. The van der Waals surface area contributed by atoms with Crippen molar-refractivity contribution in [3.05, 3.63) is 108 Å². The molecule has 0 bridgehead atoms. The van der Waals surface area contributed by atoms with Crippen LogP contribution in [0.4, 0.5) is 0 Å². The Bertz CT molecular complexity index is 1170. The Balaban J connectivity index is 1.52. The molecule has 0 radical (unpaired) electrons. The number of alkyl halides is 1. The van der Waals surface area contributed by atoms with E-state index in [-0.39, 0.29) is 17.7 Å². The molecule has 1 heterocycles. The van der Waals surface area contributed by atoms with Crippen molar-refractivity contribution in [2.24, 2.45) is 0 Å². The van der Waals surface area contributed by atoms with Crippen molar-refractivity contribution in [1.82, 2.24) is 0 Å². The average molecular weight is 511 g/mol. The molecule has 3 aromatic carbocycles. The van der Waals surface area contributed by atoms with E-state index >= 15 is 0 Å². The Hall–Kier alpha value is -3.72. The molecule has 9 heteroatoms. The molecule has 186 valence electrons. The van der Waals surface area contributed by atoms with E-state index < -0.39 is 47.9 Å². The van der Waals surface area contributed by atoms with Gasteiger partial charge in [0.15, 0.2) is 18.5 Å². The number of esters is 3. The summed E-state index contributed by atoms with van der Waals surface area (Å²) < 4.78 is 21.9. The largest absolute Gasteiger partial charge is 0.459 e. The third-order valence-electron chi connectivity index (χ3n) is 5.48. The number of hydrogen-bond acceptors (Lipinski definition) is 8. The summed E-state index contributed by atoms with van der Waals surface area (Å²) in [7, 11) is 0. The highest BCUT2D eigenvalue weighted by molar-refractivity contribution is 6.21. The molecule has 0 aliphatic carbocycles. The second kappa shape index (κ2) is 11.8. The molecule has 3 unspecified atom stereocenters. The first kappa shape index (κ1) is 25.4. The van der Waals surface area contributed by atoms with Gasteiger partial charge in [0.05, 0.1) is 16.7 Å². The highest BCUT2D eigenvalue weighted by Gasteiger charge is 2.49. The van der Waals surface area contributed by atoms with Gasteiger partial charge in [0.2, 0.25) is 0 Å². The Kier molecular flexibility index (Phi) is 8.32. The van der Waals surface area contributed by atoms with Crippen LogP contribution in [0.1, 0.15) is 31.1 Å². The van der Waals surface area contributed by atoms with Gasteiger partial charge in [0.25, 0.3) is 0 Å². The SMILES string of the molecule is O=C(OCC1O[C@H](O)C(OC(=O)c2ccccc2)C(OC(=O)c2ccccc2)[C@@H]1Cl)c1ccccc1. The van der Waals surface area contributed by atoms with Crippen LogP contribution in [0, 0.1) is 0 Å². The zero-order chi connectivity index (χ0) is 25.5. The standard InChI is InChI=1S/C27H23ClO8/c28-21-20(16-33-24(29)17-10-4-1-5-11-17)34-27(32)23(36-26(31)19-14-8-3-9-15-19)22(21)35-25(30)18-12-6-2-7-13-18/h1-15,20-23,27,32H,16H2/t20?,21-,22?,23?,27+/m1/s1. The fourth-order valence-electron chi connectivity index (χ4n) is 3.62. The molecule has 1 saturated heterocycles. The van der Waals surface area contributed by atoms with Crippen LogP contribution >= 0.6 is 11.6 Å². The van der Waals surface area contributed by atoms with Crippen LogP contribution in [0.5, 0.6) is 0 Å². The van der Waals surface area contributed by atoms with Crippen molar-refractivity contribution < 1.29 is 38.4 Å². The maximum atomic E-state index is 12.8. The number of aliphatic hydroxyl groups is 1. The smallest absolute Gasteiger partial charge is 0.338 e. The summed E-state index contributed by atoms with van der Waals surface area (Å²) in [6, 6.07) is 24.6. The molecule has 1 aliphatic heterocycles. The van der Waals surface area contributed by atoms with E-state index in [0.29, 0.717) is 5.56 Å². The summed E-state index contributed by atoms with van der Waals surface area (Å²) in [5.74, 6) is -2.11. The van der Waals surface area contributed by atoms with Gasteiger partial charge in [-0.25, -0.2) is 14.4 Å². The zero-order valence-electron chi connectivity index (χ0n) is 18.9. The first-order valence-corrected chi connectivity index (χ1v) is 11.6. The van der Waals surface area contributed by atoms with E-state index in [0.717, 1.165) is 0 Å². The molecule has 0 spiro atoms.